The summed E-state index contributed by atoms with van der Waals surface area (Å²) in [6, 6.07) is 15.3. The van der Waals surface area contributed by atoms with Gasteiger partial charge in [-0.3, -0.25) is 0 Å². The Kier molecular flexibility index (Phi) is 4.21. The number of aliphatic hydroxyl groups is 1. The quantitative estimate of drug-likeness (QED) is 0.892. The largest absolute Gasteiger partial charge is 0.388 e. The van der Waals surface area contributed by atoms with Gasteiger partial charge in [0.25, 0.3) is 0 Å². The van der Waals surface area contributed by atoms with Crippen LogP contribution in [0.25, 0.3) is 0 Å². The van der Waals surface area contributed by atoms with Crippen LogP contribution in [0.1, 0.15) is 17.2 Å². The zero-order chi connectivity index (χ0) is 12.3. The van der Waals surface area contributed by atoms with E-state index in [-0.39, 0.29) is 0 Å². The van der Waals surface area contributed by atoms with Crippen molar-refractivity contribution in [1.82, 2.24) is 0 Å². The normalized spacial score (nSPS) is 12.4. The second-order valence-electron chi connectivity index (χ2n) is 3.87. The van der Waals surface area contributed by atoms with E-state index in [2.05, 4.69) is 15.9 Å². The van der Waals surface area contributed by atoms with Crippen molar-refractivity contribution >= 4 is 27.5 Å². The second-order valence-corrected chi connectivity index (χ2v) is 5.19. The van der Waals surface area contributed by atoms with E-state index in [1.807, 2.05) is 42.5 Å². The van der Waals surface area contributed by atoms with Crippen molar-refractivity contribution in [1.29, 1.82) is 0 Å². The summed E-state index contributed by atoms with van der Waals surface area (Å²) in [5.74, 6) is 0. The highest BCUT2D eigenvalue weighted by Gasteiger charge is 2.11. The Bertz CT molecular complexity index is 513. The van der Waals surface area contributed by atoms with Crippen molar-refractivity contribution in [3.63, 3.8) is 0 Å². The van der Waals surface area contributed by atoms with Crippen LogP contribution in [0.5, 0.6) is 0 Å². The molecule has 0 aliphatic carbocycles. The molecule has 1 atom stereocenters. The molecule has 0 heterocycles. The number of rotatable bonds is 3. The van der Waals surface area contributed by atoms with Gasteiger partial charge in [0.15, 0.2) is 0 Å². The summed E-state index contributed by atoms with van der Waals surface area (Å²) in [5.41, 5.74) is 1.85. The van der Waals surface area contributed by atoms with Crippen LogP contribution in [0, 0.1) is 0 Å². The third kappa shape index (κ3) is 3.32. The maximum atomic E-state index is 10.1. The number of hydrogen-bond acceptors (Lipinski definition) is 1. The molecule has 2 rings (SSSR count). The van der Waals surface area contributed by atoms with Gasteiger partial charge in [-0.25, -0.2) is 0 Å². The molecule has 0 spiro atoms. The molecule has 0 aliphatic heterocycles. The molecule has 0 aromatic heterocycles. The van der Waals surface area contributed by atoms with Crippen LogP contribution in [-0.2, 0) is 6.42 Å². The maximum Gasteiger partial charge on any atom is 0.0844 e. The number of benzene rings is 2. The summed E-state index contributed by atoms with van der Waals surface area (Å²) in [5, 5.41) is 10.8. The highest BCUT2D eigenvalue weighted by Crippen LogP contribution is 2.26. The predicted octanol–water partition coefficient (Wildman–Crippen LogP) is 4.38. The Labute approximate surface area is 114 Å². The molecule has 0 saturated carbocycles. The van der Waals surface area contributed by atoms with Crippen molar-refractivity contribution < 1.29 is 5.11 Å². The summed E-state index contributed by atoms with van der Waals surface area (Å²) in [6.07, 6.45) is -0.0126. The minimum Gasteiger partial charge on any atom is -0.388 e. The van der Waals surface area contributed by atoms with Crippen LogP contribution < -0.4 is 0 Å². The number of aliphatic hydroxyl groups excluding tert-OH is 1. The molecule has 0 aliphatic rings. The second kappa shape index (κ2) is 5.67. The van der Waals surface area contributed by atoms with E-state index < -0.39 is 6.10 Å². The molecule has 0 bridgehead atoms. The van der Waals surface area contributed by atoms with Crippen LogP contribution >= 0.6 is 27.5 Å². The van der Waals surface area contributed by atoms with Crippen LogP contribution in [0.4, 0.5) is 0 Å². The lowest BCUT2D eigenvalue weighted by atomic mass is 10.0. The average Bonchev–Trinajstić information content (AvgIpc) is 2.29. The zero-order valence-corrected chi connectivity index (χ0v) is 11.4. The van der Waals surface area contributed by atoms with E-state index >= 15 is 0 Å². The van der Waals surface area contributed by atoms with Crippen molar-refractivity contribution in [2.45, 2.75) is 12.5 Å². The van der Waals surface area contributed by atoms with Gasteiger partial charge in [0, 0.05) is 15.9 Å². The van der Waals surface area contributed by atoms with Gasteiger partial charge >= 0.3 is 0 Å². The molecular formula is C14H12BrClO. The van der Waals surface area contributed by atoms with Crippen LogP contribution in [-0.4, -0.2) is 5.11 Å². The van der Waals surface area contributed by atoms with Crippen LogP contribution in [0.2, 0.25) is 5.02 Å². The van der Waals surface area contributed by atoms with Crippen LogP contribution in [0.3, 0.4) is 0 Å². The average molecular weight is 312 g/mol. The lowest BCUT2D eigenvalue weighted by molar-refractivity contribution is 0.178. The van der Waals surface area contributed by atoms with Gasteiger partial charge in [-0.2, -0.15) is 0 Å². The van der Waals surface area contributed by atoms with E-state index in [4.69, 9.17) is 11.6 Å². The van der Waals surface area contributed by atoms with Gasteiger partial charge in [0.2, 0.25) is 0 Å². The Hall–Kier alpha value is -0.830. The molecule has 1 nitrogen and oxygen atoms in total. The molecule has 17 heavy (non-hydrogen) atoms. The molecule has 3 heteroatoms. The third-order valence-corrected chi connectivity index (χ3v) is 3.42. The highest BCUT2D eigenvalue weighted by molar-refractivity contribution is 9.10. The molecule has 2 aromatic carbocycles. The molecule has 88 valence electrons. The van der Waals surface area contributed by atoms with E-state index in [0.717, 1.165) is 15.6 Å². The lowest BCUT2D eigenvalue weighted by Crippen LogP contribution is -2.02. The van der Waals surface area contributed by atoms with E-state index in [9.17, 15) is 5.11 Å². The molecular weight excluding hydrogens is 300 g/mol. The summed E-state index contributed by atoms with van der Waals surface area (Å²) >= 11 is 9.46. The van der Waals surface area contributed by atoms with Gasteiger partial charge in [-0.1, -0.05) is 57.9 Å². The summed E-state index contributed by atoms with van der Waals surface area (Å²) in [4.78, 5) is 0. The predicted molar refractivity (Wildman–Crippen MR) is 74.3 cm³/mol. The van der Waals surface area contributed by atoms with Crippen molar-refractivity contribution in [3.05, 3.63) is 69.2 Å². The molecule has 0 amide bonds. The SMILES string of the molecule is OC(Cc1cccc(Br)c1)c1ccccc1Cl. The van der Waals surface area contributed by atoms with Gasteiger partial charge in [0.1, 0.15) is 0 Å². The Morgan fingerprint density at radius 2 is 1.88 bits per heavy atom. The molecule has 0 saturated heterocycles. The Balaban J connectivity index is 2.17. The summed E-state index contributed by atoms with van der Waals surface area (Å²) in [6.45, 7) is 0. The first kappa shape index (κ1) is 12.6. The van der Waals surface area contributed by atoms with E-state index in [1.165, 1.54) is 0 Å². The first-order valence-electron chi connectivity index (χ1n) is 5.34. The molecule has 0 fully saturated rings. The summed E-state index contributed by atoms with van der Waals surface area (Å²) < 4.78 is 1.02. The standard InChI is InChI=1S/C14H12BrClO/c15-11-5-3-4-10(8-11)9-14(17)12-6-1-2-7-13(12)16/h1-8,14,17H,9H2. The maximum absolute atomic E-state index is 10.1. The zero-order valence-electron chi connectivity index (χ0n) is 9.11. The fourth-order valence-electron chi connectivity index (χ4n) is 1.74. The third-order valence-electron chi connectivity index (χ3n) is 2.58. The number of halogens is 2. The number of hydrogen-bond donors (Lipinski definition) is 1. The fourth-order valence-corrected chi connectivity index (χ4v) is 2.45. The van der Waals surface area contributed by atoms with Crippen molar-refractivity contribution in [2.75, 3.05) is 0 Å². The van der Waals surface area contributed by atoms with E-state index in [0.29, 0.717) is 11.4 Å². The highest BCUT2D eigenvalue weighted by atomic mass is 79.9. The van der Waals surface area contributed by atoms with Gasteiger partial charge in [0.05, 0.1) is 6.10 Å². The van der Waals surface area contributed by atoms with Crippen LogP contribution in [0.15, 0.2) is 53.0 Å². The van der Waals surface area contributed by atoms with Crippen molar-refractivity contribution in [2.24, 2.45) is 0 Å². The Morgan fingerprint density at radius 1 is 1.12 bits per heavy atom. The van der Waals surface area contributed by atoms with Gasteiger partial charge < -0.3 is 5.11 Å². The molecule has 0 radical (unpaired) electrons. The molecule has 1 unspecified atom stereocenters. The minimum atomic E-state index is -0.571. The summed E-state index contributed by atoms with van der Waals surface area (Å²) in [7, 11) is 0. The monoisotopic (exact) mass is 310 g/mol. The topological polar surface area (TPSA) is 20.2 Å². The first-order valence-corrected chi connectivity index (χ1v) is 6.51. The van der Waals surface area contributed by atoms with Crippen molar-refractivity contribution in [3.8, 4) is 0 Å². The molecule has 1 N–H and O–H groups in total. The molecule has 2 aromatic rings. The lowest BCUT2D eigenvalue weighted by Gasteiger charge is -2.12. The van der Waals surface area contributed by atoms with E-state index in [1.54, 1.807) is 6.07 Å². The first-order chi connectivity index (χ1) is 8.16. The minimum absolute atomic E-state index is 0.559. The Morgan fingerprint density at radius 3 is 2.59 bits per heavy atom. The smallest absolute Gasteiger partial charge is 0.0844 e. The van der Waals surface area contributed by atoms with Gasteiger partial charge in [-0.15, -0.1) is 0 Å². The van der Waals surface area contributed by atoms with Gasteiger partial charge in [-0.05, 0) is 29.3 Å². The fraction of sp³-hybridized carbons (Fsp3) is 0.143.